The van der Waals surface area contributed by atoms with Crippen LogP contribution in [0.2, 0.25) is 0 Å². The Hall–Kier alpha value is -1.32. The Morgan fingerprint density at radius 2 is 2.03 bits per heavy atom. The average Bonchev–Trinajstić information content (AvgIpc) is 3.23. The largest absolute Gasteiger partial charge is 0.374 e. The zero-order valence-corrected chi connectivity index (χ0v) is 20.3. The van der Waals surface area contributed by atoms with Gasteiger partial charge in [-0.1, -0.05) is 38.1 Å². The van der Waals surface area contributed by atoms with Gasteiger partial charge < -0.3 is 20.3 Å². The summed E-state index contributed by atoms with van der Waals surface area (Å²) in [4.78, 5) is 9.22. The van der Waals surface area contributed by atoms with Crippen molar-refractivity contribution in [3.8, 4) is 0 Å². The minimum atomic E-state index is 0. The van der Waals surface area contributed by atoms with Gasteiger partial charge in [-0.25, -0.2) is 0 Å². The summed E-state index contributed by atoms with van der Waals surface area (Å²) in [7, 11) is 1.81. The van der Waals surface area contributed by atoms with Gasteiger partial charge in [0.2, 0.25) is 0 Å². The monoisotopic (exact) mass is 513 g/mol. The van der Waals surface area contributed by atoms with Gasteiger partial charge in [-0.3, -0.25) is 9.89 Å². The Morgan fingerprint density at radius 3 is 2.76 bits per heavy atom. The van der Waals surface area contributed by atoms with Crippen LogP contribution in [0.15, 0.2) is 41.4 Å². The number of aliphatic imine (C=N–C) groups is 1. The third-order valence-corrected chi connectivity index (χ3v) is 5.12. The number of anilines is 1. The van der Waals surface area contributed by atoms with Crippen LogP contribution in [0, 0.1) is 5.92 Å². The minimum absolute atomic E-state index is 0. The molecule has 2 aliphatic rings. The summed E-state index contributed by atoms with van der Waals surface area (Å²) < 4.78 is 5.92. The normalized spacial score (nSPS) is 20.1. The fourth-order valence-electron chi connectivity index (χ4n) is 3.76. The van der Waals surface area contributed by atoms with Gasteiger partial charge >= 0.3 is 0 Å². The summed E-state index contributed by atoms with van der Waals surface area (Å²) in [5.41, 5.74) is 2.53. The van der Waals surface area contributed by atoms with Crippen LogP contribution in [0.1, 0.15) is 19.4 Å². The number of rotatable bonds is 7. The quantitative estimate of drug-likeness (QED) is 0.254. The highest BCUT2D eigenvalue weighted by atomic mass is 127. The van der Waals surface area contributed by atoms with Crippen molar-refractivity contribution in [1.82, 2.24) is 15.5 Å². The first-order valence-electron chi connectivity index (χ1n) is 10.4. The standard InChI is InChI=1S/C22H35N5O.HI/c1-18(2)16-26-11-12-28-21(17-26)15-25-22(23-3)24-14-19-7-6-8-20(13-19)27-9-4-5-10-27;/h4-8,13,18,21H,9-12,14-17H2,1-3H3,(H2,23,24,25);1H. The van der Waals surface area contributed by atoms with Crippen LogP contribution in [-0.2, 0) is 11.3 Å². The molecule has 0 amide bonds. The number of nitrogens with zero attached hydrogens (tertiary/aromatic N) is 3. The van der Waals surface area contributed by atoms with E-state index >= 15 is 0 Å². The molecule has 3 rings (SSSR count). The van der Waals surface area contributed by atoms with E-state index < -0.39 is 0 Å². The fraction of sp³-hybridized carbons (Fsp3) is 0.591. The molecule has 2 N–H and O–H groups in total. The summed E-state index contributed by atoms with van der Waals surface area (Å²) in [6.45, 7) is 12.0. The Labute approximate surface area is 192 Å². The van der Waals surface area contributed by atoms with Crippen LogP contribution in [0.5, 0.6) is 0 Å². The Balaban J connectivity index is 0.00000300. The molecule has 1 saturated heterocycles. The van der Waals surface area contributed by atoms with Gasteiger partial charge in [0.15, 0.2) is 5.96 Å². The van der Waals surface area contributed by atoms with E-state index in [1.54, 1.807) is 0 Å². The average molecular weight is 513 g/mol. The third-order valence-electron chi connectivity index (χ3n) is 5.12. The number of morpholine rings is 1. The molecule has 1 atom stereocenters. The van der Waals surface area contributed by atoms with Crippen LogP contribution in [0.3, 0.4) is 0 Å². The molecule has 2 heterocycles. The van der Waals surface area contributed by atoms with Gasteiger partial charge in [0.05, 0.1) is 12.7 Å². The van der Waals surface area contributed by atoms with Crippen molar-refractivity contribution in [2.75, 3.05) is 57.8 Å². The first-order valence-corrected chi connectivity index (χ1v) is 10.4. The van der Waals surface area contributed by atoms with Crippen molar-refractivity contribution >= 4 is 35.6 Å². The van der Waals surface area contributed by atoms with Gasteiger partial charge in [0.1, 0.15) is 0 Å². The summed E-state index contributed by atoms with van der Waals surface area (Å²) in [6.07, 6.45) is 4.63. The fourth-order valence-corrected chi connectivity index (χ4v) is 3.76. The smallest absolute Gasteiger partial charge is 0.191 e. The number of guanidine groups is 1. The molecule has 2 aliphatic heterocycles. The molecule has 0 radical (unpaired) electrons. The molecule has 0 spiro atoms. The lowest BCUT2D eigenvalue weighted by Gasteiger charge is -2.34. The summed E-state index contributed by atoms with van der Waals surface area (Å²) >= 11 is 0. The van der Waals surface area contributed by atoms with Crippen LogP contribution in [0.4, 0.5) is 5.69 Å². The predicted molar refractivity (Wildman–Crippen MR) is 132 cm³/mol. The van der Waals surface area contributed by atoms with E-state index in [9.17, 15) is 0 Å². The highest BCUT2D eigenvalue weighted by Crippen LogP contribution is 2.18. The van der Waals surface area contributed by atoms with Gasteiger partial charge in [-0.2, -0.15) is 0 Å². The second kappa shape index (κ2) is 12.4. The van der Waals surface area contributed by atoms with E-state index in [0.29, 0.717) is 5.92 Å². The van der Waals surface area contributed by atoms with Crippen molar-refractivity contribution in [1.29, 1.82) is 0 Å². The van der Waals surface area contributed by atoms with E-state index in [2.05, 4.69) is 75.7 Å². The van der Waals surface area contributed by atoms with Crippen LogP contribution in [-0.4, -0.2) is 69.9 Å². The van der Waals surface area contributed by atoms with Gasteiger partial charge in [0, 0.05) is 58.5 Å². The maximum absolute atomic E-state index is 5.92. The van der Waals surface area contributed by atoms with Crippen molar-refractivity contribution in [2.24, 2.45) is 10.9 Å². The van der Waals surface area contributed by atoms with Crippen LogP contribution < -0.4 is 15.5 Å². The third kappa shape index (κ3) is 7.79. The highest BCUT2D eigenvalue weighted by molar-refractivity contribution is 14.0. The zero-order valence-electron chi connectivity index (χ0n) is 17.9. The van der Waals surface area contributed by atoms with E-state index in [4.69, 9.17) is 4.74 Å². The van der Waals surface area contributed by atoms with Crippen molar-refractivity contribution in [3.63, 3.8) is 0 Å². The molecular formula is C22H36IN5O. The Kier molecular flexibility index (Phi) is 10.2. The SMILES string of the molecule is CN=C(NCc1cccc(N2CC=CC2)c1)NCC1CN(CC(C)C)CCO1.I. The maximum atomic E-state index is 5.92. The van der Waals surface area contributed by atoms with Crippen molar-refractivity contribution in [3.05, 3.63) is 42.0 Å². The summed E-state index contributed by atoms with van der Waals surface area (Å²) in [6, 6.07) is 8.70. The van der Waals surface area contributed by atoms with E-state index in [1.807, 2.05) is 7.05 Å². The second-order valence-corrected chi connectivity index (χ2v) is 8.00. The molecule has 1 aromatic carbocycles. The maximum Gasteiger partial charge on any atom is 0.191 e. The minimum Gasteiger partial charge on any atom is -0.374 e. The molecule has 6 nitrogen and oxygen atoms in total. The van der Waals surface area contributed by atoms with Crippen molar-refractivity contribution < 1.29 is 4.74 Å². The number of hydrogen-bond donors (Lipinski definition) is 2. The summed E-state index contributed by atoms with van der Waals surface area (Å²) in [5.74, 6) is 1.51. The molecule has 1 aromatic rings. The van der Waals surface area contributed by atoms with Crippen LogP contribution >= 0.6 is 24.0 Å². The van der Waals surface area contributed by atoms with Gasteiger partial charge in [-0.05, 0) is 23.6 Å². The lowest BCUT2D eigenvalue weighted by atomic mass is 10.2. The van der Waals surface area contributed by atoms with E-state index in [-0.39, 0.29) is 30.1 Å². The number of nitrogens with one attached hydrogen (secondary N) is 2. The second-order valence-electron chi connectivity index (χ2n) is 8.00. The van der Waals surface area contributed by atoms with E-state index in [1.165, 1.54) is 11.3 Å². The molecule has 1 fully saturated rings. The lowest BCUT2D eigenvalue weighted by Crippen LogP contribution is -2.50. The molecule has 0 aromatic heterocycles. The Morgan fingerprint density at radius 1 is 1.24 bits per heavy atom. The highest BCUT2D eigenvalue weighted by Gasteiger charge is 2.21. The molecule has 1 unspecified atom stereocenters. The first-order chi connectivity index (χ1) is 13.6. The Bertz CT molecular complexity index is 671. The molecule has 0 bridgehead atoms. The molecule has 0 saturated carbocycles. The predicted octanol–water partition coefficient (Wildman–Crippen LogP) is 2.70. The summed E-state index contributed by atoms with van der Waals surface area (Å²) in [5, 5.41) is 6.84. The van der Waals surface area contributed by atoms with E-state index in [0.717, 1.165) is 58.4 Å². The van der Waals surface area contributed by atoms with Crippen LogP contribution in [0.25, 0.3) is 0 Å². The van der Waals surface area contributed by atoms with Gasteiger partial charge in [-0.15, -0.1) is 24.0 Å². The molecular weight excluding hydrogens is 477 g/mol. The zero-order chi connectivity index (χ0) is 19.8. The number of halogens is 1. The number of hydrogen-bond acceptors (Lipinski definition) is 4. The number of benzene rings is 1. The molecule has 29 heavy (non-hydrogen) atoms. The molecule has 0 aliphatic carbocycles. The van der Waals surface area contributed by atoms with Crippen molar-refractivity contribution in [2.45, 2.75) is 26.5 Å². The lowest BCUT2D eigenvalue weighted by molar-refractivity contribution is -0.0284. The first kappa shape index (κ1) is 24.0. The number of ether oxygens (including phenoxy) is 1. The molecule has 7 heteroatoms. The molecule has 162 valence electrons. The topological polar surface area (TPSA) is 52.1 Å². The van der Waals surface area contributed by atoms with Gasteiger partial charge in [0.25, 0.3) is 0 Å².